The van der Waals surface area contributed by atoms with E-state index < -0.39 is 5.60 Å². The van der Waals surface area contributed by atoms with Crippen LogP contribution in [0.25, 0.3) is 5.57 Å². The molecule has 154 valence electrons. The summed E-state index contributed by atoms with van der Waals surface area (Å²) in [6, 6.07) is 6.83. The van der Waals surface area contributed by atoms with Gasteiger partial charge in [0.05, 0.1) is 5.71 Å². The second kappa shape index (κ2) is 6.94. The van der Waals surface area contributed by atoms with Crippen LogP contribution in [0.1, 0.15) is 35.2 Å². The summed E-state index contributed by atoms with van der Waals surface area (Å²) in [5.41, 5.74) is 1.60. The van der Waals surface area contributed by atoms with Crippen molar-refractivity contribution in [2.75, 3.05) is 26.2 Å². The molecule has 2 aliphatic carbocycles. The molecule has 2 fully saturated rings. The molecule has 1 saturated heterocycles. The van der Waals surface area contributed by atoms with Crippen LogP contribution in [0.4, 0.5) is 4.39 Å². The number of amides is 2. The van der Waals surface area contributed by atoms with Crippen molar-refractivity contribution in [3.8, 4) is 0 Å². The summed E-state index contributed by atoms with van der Waals surface area (Å²) in [6.45, 7) is 1.66. The second-order valence-electron chi connectivity index (χ2n) is 7.96. The van der Waals surface area contributed by atoms with Gasteiger partial charge in [-0.3, -0.25) is 9.59 Å². The fourth-order valence-corrected chi connectivity index (χ4v) is 3.91. The van der Waals surface area contributed by atoms with Crippen molar-refractivity contribution >= 4 is 23.1 Å². The molecule has 0 radical (unpaired) electrons. The van der Waals surface area contributed by atoms with Crippen LogP contribution in [0, 0.1) is 0 Å². The molecule has 2 aliphatic heterocycles. The zero-order valence-electron chi connectivity index (χ0n) is 16.2. The number of rotatable bonds is 3. The van der Waals surface area contributed by atoms with Gasteiger partial charge in [0.1, 0.15) is 17.1 Å². The van der Waals surface area contributed by atoms with Crippen LogP contribution in [-0.4, -0.2) is 64.2 Å². The molecule has 0 unspecified atom stereocenters. The topological polar surface area (TPSA) is 97.9 Å². The largest absolute Gasteiger partial charge is 0.380 e. The number of carbonyl (C=O) groups is 2. The van der Waals surface area contributed by atoms with Crippen molar-refractivity contribution in [1.29, 1.82) is 0 Å². The average Bonchev–Trinajstić information content (AvgIpc) is 3.36. The molecule has 4 aliphatic rings. The van der Waals surface area contributed by atoms with E-state index in [4.69, 9.17) is 0 Å². The van der Waals surface area contributed by atoms with Gasteiger partial charge >= 0.3 is 0 Å². The molecule has 2 amide bonds. The van der Waals surface area contributed by atoms with Crippen molar-refractivity contribution in [3.63, 3.8) is 0 Å². The van der Waals surface area contributed by atoms with Crippen LogP contribution in [0.3, 0.4) is 0 Å². The van der Waals surface area contributed by atoms with Gasteiger partial charge in [0.25, 0.3) is 11.8 Å². The van der Waals surface area contributed by atoms with Gasteiger partial charge in [0.2, 0.25) is 0 Å². The Morgan fingerprint density at radius 1 is 1.03 bits per heavy atom. The Labute approximate surface area is 172 Å². The second-order valence-corrected chi connectivity index (χ2v) is 7.96. The number of piperazine rings is 1. The lowest BCUT2D eigenvalue weighted by molar-refractivity contribution is -0.143. The Kier molecular flexibility index (Phi) is 4.35. The van der Waals surface area contributed by atoms with E-state index in [-0.39, 0.29) is 17.6 Å². The molecule has 0 spiro atoms. The highest BCUT2D eigenvalue weighted by Crippen LogP contribution is 2.37. The SMILES string of the molecule is O=C(c1ccc(C2=C(F)C=C3N=NN=C3C2)cc1)N1CCN(C(=O)C2(O)CC2)CC1. The molecule has 1 N–H and O–H groups in total. The molecule has 2 heterocycles. The standard InChI is InChI=1S/C21H20FN5O3/c22-16-12-18-17(23-25-24-18)11-15(16)13-1-3-14(4-2-13)19(28)26-7-9-27(10-8-26)20(29)21(30)5-6-21/h1-4,12,30H,5-11H2. The van der Waals surface area contributed by atoms with Crippen LogP contribution in [0.5, 0.6) is 0 Å². The van der Waals surface area contributed by atoms with E-state index >= 15 is 0 Å². The Balaban J connectivity index is 1.25. The van der Waals surface area contributed by atoms with Gasteiger partial charge in [-0.2, -0.15) is 0 Å². The molecule has 1 saturated carbocycles. The number of nitrogens with zero attached hydrogens (tertiary/aromatic N) is 5. The number of allylic oxidation sites excluding steroid dienone is 4. The Hall–Kier alpha value is -3.20. The fourth-order valence-electron chi connectivity index (χ4n) is 3.91. The van der Waals surface area contributed by atoms with E-state index in [2.05, 4.69) is 15.4 Å². The highest BCUT2D eigenvalue weighted by Gasteiger charge is 2.50. The summed E-state index contributed by atoms with van der Waals surface area (Å²) < 4.78 is 14.4. The molecule has 9 heteroatoms. The first-order chi connectivity index (χ1) is 14.4. The summed E-state index contributed by atoms with van der Waals surface area (Å²) in [4.78, 5) is 28.4. The number of carbonyl (C=O) groups excluding carboxylic acids is 2. The van der Waals surface area contributed by atoms with Crippen LogP contribution in [-0.2, 0) is 4.79 Å². The number of benzene rings is 1. The highest BCUT2D eigenvalue weighted by atomic mass is 19.1. The molecule has 8 nitrogen and oxygen atoms in total. The van der Waals surface area contributed by atoms with Gasteiger partial charge < -0.3 is 14.9 Å². The first-order valence-electron chi connectivity index (χ1n) is 9.94. The molecule has 5 rings (SSSR count). The summed E-state index contributed by atoms with van der Waals surface area (Å²) in [5, 5.41) is 21.2. The van der Waals surface area contributed by atoms with E-state index in [9.17, 15) is 19.1 Å². The maximum absolute atomic E-state index is 14.4. The number of hydrogen-bond donors (Lipinski definition) is 1. The Morgan fingerprint density at radius 3 is 2.37 bits per heavy atom. The van der Waals surface area contributed by atoms with Gasteiger partial charge in [-0.1, -0.05) is 12.1 Å². The first-order valence-corrected chi connectivity index (χ1v) is 9.94. The van der Waals surface area contributed by atoms with Crippen molar-refractivity contribution < 1.29 is 19.1 Å². The van der Waals surface area contributed by atoms with Crippen molar-refractivity contribution in [3.05, 3.63) is 53.0 Å². The third-order valence-electron chi connectivity index (χ3n) is 5.97. The quantitative estimate of drug-likeness (QED) is 0.829. The lowest BCUT2D eigenvalue weighted by atomic mass is 9.93. The fraction of sp³-hybridized carbons (Fsp3) is 0.381. The Bertz CT molecular complexity index is 1040. The Morgan fingerprint density at radius 2 is 1.70 bits per heavy atom. The molecular weight excluding hydrogens is 389 g/mol. The zero-order chi connectivity index (χ0) is 20.9. The molecule has 1 aromatic rings. The third kappa shape index (κ3) is 3.24. The van der Waals surface area contributed by atoms with E-state index in [1.54, 1.807) is 34.1 Å². The third-order valence-corrected chi connectivity index (χ3v) is 5.97. The maximum atomic E-state index is 14.4. The van der Waals surface area contributed by atoms with Crippen LogP contribution >= 0.6 is 0 Å². The molecule has 1 aromatic carbocycles. The summed E-state index contributed by atoms with van der Waals surface area (Å²) in [5.74, 6) is -0.731. The molecular formula is C21H20FN5O3. The monoisotopic (exact) mass is 409 g/mol. The minimum absolute atomic E-state index is 0.128. The number of aliphatic hydroxyl groups is 1. The van der Waals surface area contributed by atoms with Crippen LogP contribution < -0.4 is 0 Å². The zero-order valence-corrected chi connectivity index (χ0v) is 16.2. The lowest BCUT2D eigenvalue weighted by Crippen LogP contribution is -2.53. The molecule has 0 bridgehead atoms. The van der Waals surface area contributed by atoms with Crippen LogP contribution in [0.15, 0.2) is 57.3 Å². The molecule has 0 aromatic heterocycles. The van der Waals surface area contributed by atoms with E-state index in [1.165, 1.54) is 6.08 Å². The summed E-state index contributed by atoms with van der Waals surface area (Å²) in [7, 11) is 0. The van der Waals surface area contributed by atoms with Gasteiger partial charge in [-0.25, -0.2) is 4.39 Å². The first kappa shape index (κ1) is 18.8. The lowest BCUT2D eigenvalue weighted by Gasteiger charge is -2.35. The minimum Gasteiger partial charge on any atom is -0.380 e. The van der Waals surface area contributed by atoms with E-state index in [0.29, 0.717) is 73.6 Å². The summed E-state index contributed by atoms with van der Waals surface area (Å²) in [6.07, 6.45) is 2.66. The van der Waals surface area contributed by atoms with Gasteiger partial charge in [0.15, 0.2) is 0 Å². The number of halogens is 1. The predicted octanol–water partition coefficient (Wildman–Crippen LogP) is 2.29. The van der Waals surface area contributed by atoms with E-state index in [0.717, 1.165) is 0 Å². The number of hydrogen-bond acceptors (Lipinski definition) is 6. The molecule has 0 atom stereocenters. The molecule has 30 heavy (non-hydrogen) atoms. The van der Waals surface area contributed by atoms with Crippen LogP contribution in [0.2, 0.25) is 0 Å². The minimum atomic E-state index is -1.17. The maximum Gasteiger partial charge on any atom is 0.254 e. The number of fused-ring (bicyclic) bond motifs is 1. The smallest absolute Gasteiger partial charge is 0.254 e. The van der Waals surface area contributed by atoms with Gasteiger partial charge in [-0.15, -0.1) is 10.2 Å². The normalized spacial score (nSPS) is 21.9. The van der Waals surface area contributed by atoms with Gasteiger partial charge in [0, 0.05) is 49.8 Å². The van der Waals surface area contributed by atoms with E-state index in [1.807, 2.05) is 0 Å². The summed E-state index contributed by atoms with van der Waals surface area (Å²) >= 11 is 0. The van der Waals surface area contributed by atoms with Crippen molar-refractivity contribution in [1.82, 2.24) is 9.80 Å². The predicted molar refractivity (Wildman–Crippen MR) is 106 cm³/mol. The average molecular weight is 409 g/mol. The van der Waals surface area contributed by atoms with Crippen molar-refractivity contribution in [2.45, 2.75) is 24.9 Å². The highest BCUT2D eigenvalue weighted by molar-refractivity contribution is 6.09. The van der Waals surface area contributed by atoms with Gasteiger partial charge in [-0.05, 0) is 35.8 Å². The van der Waals surface area contributed by atoms with Crippen molar-refractivity contribution in [2.24, 2.45) is 15.4 Å².